The first-order chi connectivity index (χ1) is 8.56. The number of hydrogen-bond acceptors (Lipinski definition) is 2. The molecule has 18 heavy (non-hydrogen) atoms. The first kappa shape index (κ1) is 14.3. The van der Waals surface area contributed by atoms with Gasteiger partial charge in [-0.1, -0.05) is 40.5 Å². The lowest BCUT2D eigenvalue weighted by Crippen LogP contribution is -2.58. The van der Waals surface area contributed by atoms with Crippen LogP contribution in [-0.4, -0.2) is 36.6 Å². The number of piperazine rings is 1. The van der Waals surface area contributed by atoms with Gasteiger partial charge < -0.3 is 5.32 Å². The van der Waals surface area contributed by atoms with Crippen LogP contribution in [0.25, 0.3) is 0 Å². The van der Waals surface area contributed by atoms with Crippen molar-refractivity contribution in [1.29, 1.82) is 0 Å². The maximum Gasteiger partial charge on any atom is 0.0223 e. The summed E-state index contributed by atoms with van der Waals surface area (Å²) in [6.45, 7) is 13.2. The van der Waals surface area contributed by atoms with Crippen molar-refractivity contribution in [3.05, 3.63) is 0 Å². The molecule has 2 aliphatic rings. The maximum atomic E-state index is 3.77. The minimum atomic E-state index is 0.701. The van der Waals surface area contributed by atoms with Gasteiger partial charge in [0.25, 0.3) is 0 Å². The van der Waals surface area contributed by atoms with Crippen LogP contribution in [0.15, 0.2) is 0 Å². The van der Waals surface area contributed by atoms with E-state index in [2.05, 4.69) is 37.9 Å². The van der Waals surface area contributed by atoms with Crippen LogP contribution in [0.4, 0.5) is 0 Å². The van der Waals surface area contributed by atoms with Crippen molar-refractivity contribution in [2.75, 3.05) is 19.6 Å². The largest absolute Gasteiger partial charge is 0.311 e. The van der Waals surface area contributed by atoms with Crippen LogP contribution in [0.2, 0.25) is 0 Å². The average Bonchev–Trinajstić information content (AvgIpc) is 3.10. The lowest BCUT2D eigenvalue weighted by molar-refractivity contribution is 0.0966. The molecule has 1 aliphatic heterocycles. The molecule has 2 heteroatoms. The highest BCUT2D eigenvalue weighted by Crippen LogP contribution is 2.33. The molecule has 2 nitrogen and oxygen atoms in total. The monoisotopic (exact) mass is 252 g/mol. The van der Waals surface area contributed by atoms with E-state index in [-0.39, 0.29) is 0 Å². The van der Waals surface area contributed by atoms with Gasteiger partial charge in [-0.3, -0.25) is 4.90 Å². The summed E-state index contributed by atoms with van der Waals surface area (Å²) < 4.78 is 0. The van der Waals surface area contributed by atoms with Crippen LogP contribution in [0.3, 0.4) is 0 Å². The van der Waals surface area contributed by atoms with Gasteiger partial charge in [-0.2, -0.15) is 0 Å². The van der Waals surface area contributed by atoms with Crippen molar-refractivity contribution in [3.63, 3.8) is 0 Å². The Bertz CT molecular complexity index is 245. The summed E-state index contributed by atoms with van der Waals surface area (Å²) in [7, 11) is 0. The van der Waals surface area contributed by atoms with Crippen molar-refractivity contribution < 1.29 is 0 Å². The fraction of sp³-hybridized carbons (Fsp3) is 1.00. The highest BCUT2D eigenvalue weighted by atomic mass is 15.2. The van der Waals surface area contributed by atoms with Gasteiger partial charge in [-0.25, -0.2) is 0 Å². The quantitative estimate of drug-likeness (QED) is 0.781. The average molecular weight is 252 g/mol. The minimum absolute atomic E-state index is 0.701. The second-order valence-electron chi connectivity index (χ2n) is 7.27. The van der Waals surface area contributed by atoms with Crippen LogP contribution in [0.5, 0.6) is 0 Å². The Kier molecular flexibility index (Phi) is 5.08. The van der Waals surface area contributed by atoms with Gasteiger partial charge in [-0.05, 0) is 37.1 Å². The zero-order valence-corrected chi connectivity index (χ0v) is 12.8. The summed E-state index contributed by atoms with van der Waals surface area (Å²) in [4.78, 5) is 2.79. The molecule has 2 atom stereocenters. The van der Waals surface area contributed by atoms with E-state index >= 15 is 0 Å². The molecule has 0 radical (unpaired) electrons. The maximum absolute atomic E-state index is 3.77. The van der Waals surface area contributed by atoms with Crippen LogP contribution in [0, 0.1) is 17.8 Å². The van der Waals surface area contributed by atoms with Crippen molar-refractivity contribution in [3.8, 4) is 0 Å². The molecule has 1 saturated heterocycles. The summed E-state index contributed by atoms with van der Waals surface area (Å²) in [5.74, 6) is 2.64. The van der Waals surface area contributed by atoms with E-state index in [1.165, 1.54) is 45.3 Å². The van der Waals surface area contributed by atoms with E-state index in [4.69, 9.17) is 0 Å². The summed E-state index contributed by atoms with van der Waals surface area (Å²) in [5.41, 5.74) is 0. The van der Waals surface area contributed by atoms with E-state index in [9.17, 15) is 0 Å². The van der Waals surface area contributed by atoms with Gasteiger partial charge >= 0.3 is 0 Å². The molecule has 2 fully saturated rings. The van der Waals surface area contributed by atoms with Crippen LogP contribution >= 0.6 is 0 Å². The molecule has 2 unspecified atom stereocenters. The van der Waals surface area contributed by atoms with Gasteiger partial charge in [0.2, 0.25) is 0 Å². The van der Waals surface area contributed by atoms with Crippen molar-refractivity contribution in [2.24, 2.45) is 17.8 Å². The molecule has 0 aromatic carbocycles. The normalized spacial score (nSPS) is 30.3. The van der Waals surface area contributed by atoms with Gasteiger partial charge in [-0.15, -0.1) is 0 Å². The van der Waals surface area contributed by atoms with E-state index in [0.717, 1.165) is 23.8 Å². The summed E-state index contributed by atoms with van der Waals surface area (Å²) >= 11 is 0. The lowest BCUT2D eigenvalue weighted by atomic mass is 9.95. The fourth-order valence-electron chi connectivity index (χ4n) is 3.13. The zero-order valence-electron chi connectivity index (χ0n) is 12.8. The molecule has 1 N–H and O–H groups in total. The van der Waals surface area contributed by atoms with Crippen molar-refractivity contribution >= 4 is 0 Å². The van der Waals surface area contributed by atoms with E-state index in [1.807, 2.05) is 0 Å². The molecule has 0 aromatic heterocycles. The van der Waals surface area contributed by atoms with Gasteiger partial charge in [0.1, 0.15) is 0 Å². The van der Waals surface area contributed by atoms with Crippen LogP contribution in [0.1, 0.15) is 53.4 Å². The first-order valence-corrected chi connectivity index (χ1v) is 8.03. The molecular weight excluding hydrogens is 220 g/mol. The second-order valence-corrected chi connectivity index (χ2v) is 7.27. The van der Waals surface area contributed by atoms with E-state index in [0.29, 0.717) is 6.04 Å². The Labute approximate surface area is 114 Å². The lowest BCUT2D eigenvalue weighted by Gasteiger charge is -2.42. The molecule has 2 rings (SSSR count). The molecule has 1 saturated carbocycles. The number of nitrogens with one attached hydrogen (secondary N) is 1. The van der Waals surface area contributed by atoms with Gasteiger partial charge in [0, 0.05) is 25.2 Å². The summed E-state index contributed by atoms with van der Waals surface area (Å²) in [5, 5.41) is 3.77. The standard InChI is InChI=1S/C16H32N2/c1-12(2)9-15-10-17-16(13(3)4)11-18(15)8-7-14-5-6-14/h12-17H,5-11H2,1-4H3. The Balaban J connectivity index is 1.86. The van der Waals surface area contributed by atoms with E-state index < -0.39 is 0 Å². The molecule has 106 valence electrons. The highest BCUT2D eigenvalue weighted by molar-refractivity contribution is 4.89. The predicted molar refractivity (Wildman–Crippen MR) is 78.8 cm³/mol. The third-order valence-electron chi connectivity index (χ3n) is 4.63. The molecule has 0 amide bonds. The Morgan fingerprint density at radius 1 is 1.17 bits per heavy atom. The van der Waals surface area contributed by atoms with Crippen LogP contribution in [-0.2, 0) is 0 Å². The van der Waals surface area contributed by atoms with Gasteiger partial charge in [0.05, 0.1) is 0 Å². The van der Waals surface area contributed by atoms with E-state index in [1.54, 1.807) is 0 Å². The molecule has 1 aliphatic carbocycles. The minimum Gasteiger partial charge on any atom is -0.311 e. The molecular formula is C16H32N2. The Morgan fingerprint density at radius 2 is 1.89 bits per heavy atom. The molecule has 0 aromatic rings. The van der Waals surface area contributed by atoms with Gasteiger partial charge in [0.15, 0.2) is 0 Å². The summed E-state index contributed by atoms with van der Waals surface area (Å²) in [6.07, 6.45) is 5.78. The smallest absolute Gasteiger partial charge is 0.0223 e. The Morgan fingerprint density at radius 3 is 2.44 bits per heavy atom. The topological polar surface area (TPSA) is 15.3 Å². The SMILES string of the molecule is CC(C)CC1CNC(C(C)C)CN1CCC1CC1. The van der Waals surface area contributed by atoms with Crippen LogP contribution < -0.4 is 5.32 Å². The zero-order chi connectivity index (χ0) is 13.1. The third-order valence-corrected chi connectivity index (χ3v) is 4.63. The second kappa shape index (κ2) is 6.38. The Hall–Kier alpha value is -0.0800. The fourth-order valence-corrected chi connectivity index (χ4v) is 3.13. The molecule has 0 spiro atoms. The highest BCUT2D eigenvalue weighted by Gasteiger charge is 2.31. The number of rotatable bonds is 6. The molecule has 0 bridgehead atoms. The summed E-state index contributed by atoms with van der Waals surface area (Å²) in [6, 6.07) is 1.48. The number of hydrogen-bond donors (Lipinski definition) is 1. The predicted octanol–water partition coefficient (Wildman–Crippen LogP) is 3.13. The first-order valence-electron chi connectivity index (χ1n) is 8.03. The molecule has 1 heterocycles. The van der Waals surface area contributed by atoms with Crippen molar-refractivity contribution in [2.45, 2.75) is 65.5 Å². The number of nitrogens with zero attached hydrogens (tertiary/aromatic N) is 1. The van der Waals surface area contributed by atoms with Crippen molar-refractivity contribution in [1.82, 2.24) is 10.2 Å². The third kappa shape index (κ3) is 4.24.